The summed E-state index contributed by atoms with van der Waals surface area (Å²) in [5, 5.41) is 7.01. The molecule has 2 aliphatic rings. The molecule has 1 aliphatic carbocycles. The van der Waals surface area contributed by atoms with Crippen molar-refractivity contribution in [3.8, 4) is 0 Å². The predicted octanol–water partition coefficient (Wildman–Crippen LogP) is 1.16. The Bertz CT molecular complexity index is 382. The highest BCUT2D eigenvalue weighted by atomic mass is 32.2. The largest absolute Gasteiger partial charge is 0.354 e. The topological polar surface area (TPSA) is 56.7 Å². The summed E-state index contributed by atoms with van der Waals surface area (Å²) in [6, 6.07) is 0. The molecule has 120 valence electrons. The molecule has 0 bridgehead atoms. The van der Waals surface area contributed by atoms with E-state index in [1.807, 2.05) is 7.05 Å². The lowest BCUT2D eigenvalue weighted by atomic mass is 10.1. The van der Waals surface area contributed by atoms with Crippen LogP contribution in [-0.2, 0) is 4.79 Å². The number of rotatable bonds is 5. The molecular formula is C15H28N4OS. The fourth-order valence-electron chi connectivity index (χ4n) is 2.45. The molecule has 1 unspecified atom stereocenters. The second-order valence-corrected chi connectivity index (χ2v) is 7.49. The van der Waals surface area contributed by atoms with Gasteiger partial charge in [0.2, 0.25) is 5.91 Å². The average Bonchev–Trinajstić information content (AvgIpc) is 3.32. The molecule has 2 rings (SSSR count). The van der Waals surface area contributed by atoms with Crippen molar-refractivity contribution in [1.29, 1.82) is 0 Å². The fourth-order valence-corrected chi connectivity index (χ4v) is 3.75. The lowest BCUT2D eigenvalue weighted by Crippen LogP contribution is -2.50. The number of carbonyl (C=O) groups excluding carboxylic acids is 1. The van der Waals surface area contributed by atoms with Crippen LogP contribution in [0.5, 0.6) is 0 Å². The van der Waals surface area contributed by atoms with Crippen LogP contribution >= 0.6 is 11.8 Å². The number of nitrogens with zero attached hydrogens (tertiary/aromatic N) is 2. The Kier molecular flexibility index (Phi) is 6.21. The minimum atomic E-state index is 0.209. The second kappa shape index (κ2) is 7.92. The average molecular weight is 312 g/mol. The first-order valence-corrected chi connectivity index (χ1v) is 9.01. The molecule has 0 spiro atoms. The van der Waals surface area contributed by atoms with Crippen molar-refractivity contribution in [3.63, 3.8) is 0 Å². The van der Waals surface area contributed by atoms with Crippen molar-refractivity contribution in [2.24, 2.45) is 16.8 Å². The summed E-state index contributed by atoms with van der Waals surface area (Å²) < 4.78 is 0. The Morgan fingerprint density at radius 2 is 2.05 bits per heavy atom. The molecule has 21 heavy (non-hydrogen) atoms. The molecule has 1 atom stereocenters. The maximum atomic E-state index is 11.6. The van der Waals surface area contributed by atoms with Crippen LogP contribution in [-0.4, -0.2) is 61.0 Å². The van der Waals surface area contributed by atoms with E-state index in [4.69, 9.17) is 0 Å². The van der Waals surface area contributed by atoms with Crippen molar-refractivity contribution in [3.05, 3.63) is 0 Å². The summed E-state index contributed by atoms with van der Waals surface area (Å²) in [7, 11) is 1.83. The zero-order valence-corrected chi connectivity index (χ0v) is 14.2. The Hall–Kier alpha value is -0.910. The standard InChI is InChI=1S/C15H28N4OS/c1-11(2)13-10-19(8-9-21-13)15(16-3)18-7-6-17-14(20)12-4-5-12/h11-13H,4-10H2,1-3H3,(H,16,18)(H,17,20). The summed E-state index contributed by atoms with van der Waals surface area (Å²) in [6.45, 7) is 8.07. The third-order valence-electron chi connectivity index (χ3n) is 4.00. The minimum absolute atomic E-state index is 0.209. The van der Waals surface area contributed by atoms with Crippen molar-refractivity contribution < 1.29 is 4.79 Å². The SMILES string of the molecule is CN=C(NCCNC(=O)C1CC1)N1CCSC(C(C)C)C1. The van der Waals surface area contributed by atoms with E-state index in [0.717, 1.165) is 44.2 Å². The van der Waals surface area contributed by atoms with Gasteiger partial charge in [-0.1, -0.05) is 13.8 Å². The molecule has 5 nitrogen and oxygen atoms in total. The highest BCUT2D eigenvalue weighted by Gasteiger charge is 2.29. The van der Waals surface area contributed by atoms with Gasteiger partial charge in [-0.2, -0.15) is 11.8 Å². The van der Waals surface area contributed by atoms with E-state index in [1.54, 1.807) is 0 Å². The van der Waals surface area contributed by atoms with Crippen LogP contribution in [0.15, 0.2) is 4.99 Å². The number of hydrogen-bond acceptors (Lipinski definition) is 3. The van der Waals surface area contributed by atoms with Gasteiger partial charge in [0.25, 0.3) is 0 Å². The fraction of sp³-hybridized carbons (Fsp3) is 0.867. The Labute approximate surface area is 132 Å². The van der Waals surface area contributed by atoms with Gasteiger partial charge in [0.15, 0.2) is 5.96 Å². The van der Waals surface area contributed by atoms with E-state index >= 15 is 0 Å². The van der Waals surface area contributed by atoms with Crippen LogP contribution in [0.4, 0.5) is 0 Å². The summed E-state index contributed by atoms with van der Waals surface area (Å²) in [4.78, 5) is 18.3. The van der Waals surface area contributed by atoms with Gasteiger partial charge in [0.1, 0.15) is 0 Å². The van der Waals surface area contributed by atoms with Gasteiger partial charge in [0.05, 0.1) is 0 Å². The number of amides is 1. The van der Waals surface area contributed by atoms with Crippen LogP contribution in [0, 0.1) is 11.8 Å². The predicted molar refractivity (Wildman–Crippen MR) is 89.8 cm³/mol. The zero-order valence-electron chi connectivity index (χ0n) is 13.4. The highest BCUT2D eigenvalue weighted by molar-refractivity contribution is 8.00. The molecule has 0 aromatic carbocycles. The maximum absolute atomic E-state index is 11.6. The number of hydrogen-bond donors (Lipinski definition) is 2. The van der Waals surface area contributed by atoms with E-state index in [0.29, 0.717) is 17.7 Å². The molecule has 1 saturated carbocycles. The van der Waals surface area contributed by atoms with E-state index in [-0.39, 0.29) is 11.8 Å². The van der Waals surface area contributed by atoms with Crippen molar-refractivity contribution in [2.45, 2.75) is 31.9 Å². The molecule has 1 saturated heterocycles. The quantitative estimate of drug-likeness (QED) is 0.454. The summed E-state index contributed by atoms with van der Waals surface area (Å²) >= 11 is 2.06. The molecule has 2 N–H and O–H groups in total. The molecule has 0 aromatic heterocycles. The number of nitrogens with one attached hydrogen (secondary N) is 2. The van der Waals surface area contributed by atoms with E-state index < -0.39 is 0 Å². The van der Waals surface area contributed by atoms with E-state index in [1.165, 1.54) is 0 Å². The van der Waals surface area contributed by atoms with Crippen molar-refractivity contribution >= 4 is 23.6 Å². The van der Waals surface area contributed by atoms with Crippen molar-refractivity contribution in [1.82, 2.24) is 15.5 Å². The minimum Gasteiger partial charge on any atom is -0.354 e. The Morgan fingerprint density at radius 3 is 2.67 bits per heavy atom. The normalized spacial score (nSPS) is 23.3. The van der Waals surface area contributed by atoms with Crippen molar-refractivity contribution in [2.75, 3.05) is 39.0 Å². The van der Waals surface area contributed by atoms with Crippen LogP contribution in [0.25, 0.3) is 0 Å². The molecule has 6 heteroatoms. The molecule has 1 aliphatic heterocycles. The van der Waals surface area contributed by atoms with Gasteiger partial charge in [-0.25, -0.2) is 0 Å². The van der Waals surface area contributed by atoms with Crippen LogP contribution < -0.4 is 10.6 Å². The van der Waals surface area contributed by atoms with Crippen LogP contribution in [0.2, 0.25) is 0 Å². The Morgan fingerprint density at radius 1 is 1.33 bits per heavy atom. The van der Waals surface area contributed by atoms with Crippen LogP contribution in [0.3, 0.4) is 0 Å². The lowest BCUT2D eigenvalue weighted by Gasteiger charge is -2.36. The van der Waals surface area contributed by atoms with Gasteiger partial charge in [0, 0.05) is 50.1 Å². The van der Waals surface area contributed by atoms with Gasteiger partial charge >= 0.3 is 0 Å². The Balaban J connectivity index is 1.70. The van der Waals surface area contributed by atoms with Gasteiger partial charge < -0.3 is 15.5 Å². The van der Waals surface area contributed by atoms with Crippen LogP contribution in [0.1, 0.15) is 26.7 Å². The third kappa shape index (κ3) is 5.09. The number of thioether (sulfide) groups is 1. The summed E-state index contributed by atoms with van der Waals surface area (Å²) in [5.41, 5.74) is 0. The molecule has 1 amide bonds. The number of guanidine groups is 1. The molecule has 0 radical (unpaired) electrons. The monoisotopic (exact) mass is 312 g/mol. The summed E-state index contributed by atoms with van der Waals surface area (Å²) in [6.07, 6.45) is 2.12. The van der Waals surface area contributed by atoms with E-state index in [2.05, 4.69) is 46.1 Å². The zero-order chi connectivity index (χ0) is 15.2. The molecular weight excluding hydrogens is 284 g/mol. The molecule has 2 fully saturated rings. The lowest BCUT2D eigenvalue weighted by molar-refractivity contribution is -0.122. The molecule has 1 heterocycles. The van der Waals surface area contributed by atoms with Gasteiger partial charge in [-0.05, 0) is 18.8 Å². The maximum Gasteiger partial charge on any atom is 0.223 e. The number of aliphatic imine (C=N–C) groups is 1. The molecule has 0 aromatic rings. The number of carbonyl (C=O) groups is 1. The first kappa shape index (κ1) is 16.5. The second-order valence-electron chi connectivity index (χ2n) is 6.14. The first-order valence-electron chi connectivity index (χ1n) is 7.96. The smallest absolute Gasteiger partial charge is 0.223 e. The third-order valence-corrected chi connectivity index (χ3v) is 5.54. The van der Waals surface area contributed by atoms with E-state index in [9.17, 15) is 4.79 Å². The first-order chi connectivity index (χ1) is 10.1. The van der Waals surface area contributed by atoms with Gasteiger partial charge in [-0.15, -0.1) is 0 Å². The van der Waals surface area contributed by atoms with Gasteiger partial charge in [-0.3, -0.25) is 9.79 Å². The summed E-state index contributed by atoms with van der Waals surface area (Å²) in [5.74, 6) is 3.30. The highest BCUT2D eigenvalue weighted by Crippen LogP contribution is 2.28.